The van der Waals surface area contributed by atoms with E-state index in [4.69, 9.17) is 11.6 Å². The van der Waals surface area contributed by atoms with Crippen molar-refractivity contribution in [3.63, 3.8) is 0 Å². The number of rotatable bonds is 6. The normalized spacial score (nSPS) is 12.8. The Morgan fingerprint density at radius 3 is 2.86 bits per heavy atom. The van der Waals surface area contributed by atoms with E-state index in [1.165, 1.54) is 18.5 Å². The topological polar surface area (TPSA) is 95.6 Å². The van der Waals surface area contributed by atoms with Crippen LogP contribution in [0, 0.1) is 0 Å². The summed E-state index contributed by atoms with van der Waals surface area (Å²) in [5, 5.41) is 5.89. The summed E-state index contributed by atoms with van der Waals surface area (Å²) >= 11 is 6.00. The lowest BCUT2D eigenvalue weighted by Crippen LogP contribution is -2.43. The van der Waals surface area contributed by atoms with Crippen LogP contribution in [-0.2, 0) is 4.79 Å². The van der Waals surface area contributed by atoms with Crippen LogP contribution < -0.4 is 10.6 Å². The lowest BCUT2D eigenvalue weighted by molar-refractivity contribution is -0.138. The van der Waals surface area contributed by atoms with Gasteiger partial charge in [-0.05, 0) is 18.6 Å². The first-order valence-corrected chi connectivity index (χ1v) is 8.71. The molecule has 0 radical (unpaired) electrons. The molecule has 3 rings (SSSR count). The number of nitrogens with zero attached hydrogens (tertiary/aromatic N) is 3. The Kier molecular flexibility index (Phi) is 5.68. The van der Waals surface area contributed by atoms with Crippen LogP contribution in [0.3, 0.4) is 0 Å². The zero-order chi connectivity index (χ0) is 20.3. The summed E-state index contributed by atoms with van der Waals surface area (Å²) in [5.41, 5.74) is 1.27. The van der Waals surface area contributed by atoms with Crippen molar-refractivity contribution in [3.8, 4) is 11.4 Å². The Balaban J connectivity index is 1.80. The summed E-state index contributed by atoms with van der Waals surface area (Å²) in [6.45, 7) is 0.294. The number of carbonyl (C=O) groups is 1. The van der Waals surface area contributed by atoms with Gasteiger partial charge in [-0.25, -0.2) is 15.0 Å². The number of amides is 1. The smallest absolute Gasteiger partial charge is 0.358 e. The van der Waals surface area contributed by atoms with E-state index in [-0.39, 0.29) is 6.42 Å². The average molecular weight is 413 g/mol. The molecule has 0 saturated heterocycles. The number of fused-ring (bicyclic) bond motifs is 1. The molecule has 3 aromatic rings. The third-order valence-electron chi connectivity index (χ3n) is 3.90. The molecule has 3 N–H and O–H groups in total. The number of hydrogen-bond donors (Lipinski definition) is 3. The van der Waals surface area contributed by atoms with Crippen molar-refractivity contribution >= 4 is 34.4 Å². The maximum Gasteiger partial charge on any atom is 0.405 e. The van der Waals surface area contributed by atoms with Crippen molar-refractivity contribution in [2.45, 2.75) is 25.6 Å². The third-order valence-corrected chi connectivity index (χ3v) is 4.11. The molecule has 148 valence electrons. The maximum atomic E-state index is 12.3. The molecular weight excluding hydrogens is 397 g/mol. The molecule has 1 atom stereocenters. The van der Waals surface area contributed by atoms with Crippen LogP contribution >= 0.6 is 11.6 Å². The van der Waals surface area contributed by atoms with Crippen LogP contribution in [0.25, 0.3) is 22.4 Å². The zero-order valence-electron chi connectivity index (χ0n) is 14.6. The SMILES string of the molecule is CCC(Nc1ccnc(-c2c[nH]c3ncc(Cl)cc23)n1)C(=O)NCC(F)(F)F. The molecule has 0 saturated carbocycles. The van der Waals surface area contributed by atoms with Crippen LogP contribution in [0.1, 0.15) is 13.3 Å². The quantitative estimate of drug-likeness (QED) is 0.575. The zero-order valence-corrected chi connectivity index (χ0v) is 15.4. The predicted octanol–water partition coefficient (Wildman–Crippen LogP) is 3.54. The number of H-pyrrole nitrogens is 1. The summed E-state index contributed by atoms with van der Waals surface area (Å²) in [7, 11) is 0. The van der Waals surface area contributed by atoms with Crippen molar-refractivity contribution in [2.24, 2.45) is 0 Å². The van der Waals surface area contributed by atoms with Gasteiger partial charge in [0.05, 0.1) is 5.02 Å². The van der Waals surface area contributed by atoms with E-state index in [2.05, 4.69) is 25.3 Å². The molecule has 0 aliphatic heterocycles. The van der Waals surface area contributed by atoms with Gasteiger partial charge in [-0.1, -0.05) is 18.5 Å². The van der Waals surface area contributed by atoms with Crippen LogP contribution in [-0.4, -0.2) is 44.6 Å². The Morgan fingerprint density at radius 1 is 1.36 bits per heavy atom. The standard InChI is InChI=1S/C17H16ClF3N6O/c1-2-12(16(28)25-8-17(19,20)21)26-13-3-4-22-15(27-13)11-7-24-14-10(11)5-9(18)6-23-14/h3-7,12H,2,8H2,1H3,(H,23,24)(H,25,28)(H,22,26,27). The number of pyridine rings is 1. The van der Waals surface area contributed by atoms with Crippen LogP contribution in [0.2, 0.25) is 5.02 Å². The average Bonchev–Trinajstić information content (AvgIpc) is 3.07. The second-order valence-corrected chi connectivity index (χ2v) is 6.39. The van der Waals surface area contributed by atoms with E-state index in [1.807, 2.05) is 5.32 Å². The molecule has 3 heterocycles. The monoisotopic (exact) mass is 412 g/mol. The van der Waals surface area contributed by atoms with E-state index in [9.17, 15) is 18.0 Å². The van der Waals surface area contributed by atoms with Gasteiger partial charge in [0.25, 0.3) is 0 Å². The fourth-order valence-corrected chi connectivity index (χ4v) is 2.73. The highest BCUT2D eigenvalue weighted by Gasteiger charge is 2.29. The van der Waals surface area contributed by atoms with Crippen LogP contribution in [0.4, 0.5) is 19.0 Å². The van der Waals surface area contributed by atoms with Gasteiger partial charge in [0.2, 0.25) is 5.91 Å². The summed E-state index contributed by atoms with van der Waals surface area (Å²) in [4.78, 5) is 27.7. The molecule has 28 heavy (non-hydrogen) atoms. The predicted molar refractivity (Wildman–Crippen MR) is 98.9 cm³/mol. The minimum Gasteiger partial charge on any atom is -0.358 e. The first kappa shape index (κ1) is 19.9. The van der Waals surface area contributed by atoms with Crippen molar-refractivity contribution in [1.82, 2.24) is 25.3 Å². The second-order valence-electron chi connectivity index (χ2n) is 5.96. The highest BCUT2D eigenvalue weighted by atomic mass is 35.5. The second kappa shape index (κ2) is 8.01. The number of alkyl halides is 3. The van der Waals surface area contributed by atoms with Crippen molar-refractivity contribution in [3.05, 3.63) is 35.7 Å². The van der Waals surface area contributed by atoms with Gasteiger partial charge >= 0.3 is 6.18 Å². The number of halogens is 4. The van der Waals surface area contributed by atoms with E-state index >= 15 is 0 Å². The fourth-order valence-electron chi connectivity index (χ4n) is 2.57. The molecule has 0 aromatic carbocycles. The largest absolute Gasteiger partial charge is 0.405 e. The highest BCUT2D eigenvalue weighted by molar-refractivity contribution is 6.31. The summed E-state index contributed by atoms with van der Waals surface area (Å²) in [6.07, 6.45) is 0.479. The molecule has 0 aliphatic carbocycles. The molecule has 3 aromatic heterocycles. The summed E-state index contributed by atoms with van der Waals surface area (Å²) in [6, 6.07) is 2.38. The van der Waals surface area contributed by atoms with Crippen LogP contribution in [0.15, 0.2) is 30.7 Å². The minimum atomic E-state index is -4.47. The molecular formula is C17H16ClF3N6O. The number of nitrogens with one attached hydrogen (secondary N) is 3. The van der Waals surface area contributed by atoms with Gasteiger partial charge in [-0.2, -0.15) is 13.2 Å². The summed E-state index contributed by atoms with van der Waals surface area (Å²) < 4.78 is 36.9. The number of hydrogen-bond acceptors (Lipinski definition) is 5. The lowest BCUT2D eigenvalue weighted by atomic mass is 10.2. The third kappa shape index (κ3) is 4.69. The van der Waals surface area contributed by atoms with E-state index in [0.717, 1.165) is 5.39 Å². The van der Waals surface area contributed by atoms with E-state index in [1.54, 1.807) is 19.2 Å². The highest BCUT2D eigenvalue weighted by Crippen LogP contribution is 2.27. The Morgan fingerprint density at radius 2 is 2.14 bits per heavy atom. The Hall–Kier alpha value is -2.88. The number of carbonyl (C=O) groups excluding carboxylic acids is 1. The minimum absolute atomic E-state index is 0.273. The molecule has 1 amide bonds. The Bertz CT molecular complexity index is 990. The molecule has 0 bridgehead atoms. The molecule has 1 unspecified atom stereocenters. The number of aromatic amines is 1. The Labute approximate surface area is 162 Å². The summed E-state index contributed by atoms with van der Waals surface area (Å²) in [5.74, 6) is -0.0997. The molecule has 11 heteroatoms. The molecule has 0 spiro atoms. The lowest BCUT2D eigenvalue weighted by Gasteiger charge is -2.18. The molecule has 0 fully saturated rings. The van der Waals surface area contributed by atoms with Crippen LogP contribution in [0.5, 0.6) is 0 Å². The van der Waals surface area contributed by atoms with Gasteiger partial charge in [0.15, 0.2) is 5.82 Å². The van der Waals surface area contributed by atoms with Gasteiger partial charge in [0, 0.05) is 29.5 Å². The first-order chi connectivity index (χ1) is 13.3. The number of aromatic nitrogens is 4. The maximum absolute atomic E-state index is 12.3. The molecule has 0 aliphatic rings. The van der Waals surface area contributed by atoms with Crippen molar-refractivity contribution in [1.29, 1.82) is 0 Å². The van der Waals surface area contributed by atoms with Crippen molar-refractivity contribution in [2.75, 3.05) is 11.9 Å². The molecule has 7 nitrogen and oxygen atoms in total. The van der Waals surface area contributed by atoms with E-state index < -0.39 is 24.7 Å². The first-order valence-electron chi connectivity index (χ1n) is 8.34. The van der Waals surface area contributed by atoms with E-state index in [0.29, 0.717) is 27.9 Å². The van der Waals surface area contributed by atoms with Gasteiger partial charge in [-0.3, -0.25) is 4.79 Å². The van der Waals surface area contributed by atoms with Crippen molar-refractivity contribution < 1.29 is 18.0 Å². The van der Waals surface area contributed by atoms with Gasteiger partial charge < -0.3 is 15.6 Å². The fraction of sp³-hybridized carbons (Fsp3) is 0.294. The van der Waals surface area contributed by atoms with Gasteiger partial charge in [0.1, 0.15) is 24.1 Å². The number of anilines is 1. The van der Waals surface area contributed by atoms with Gasteiger partial charge in [-0.15, -0.1) is 0 Å².